The number of carbonyl (C=O) groups is 1. The van der Waals surface area contributed by atoms with Gasteiger partial charge in [-0.1, -0.05) is 0 Å². The van der Waals surface area contributed by atoms with E-state index in [4.69, 9.17) is 5.73 Å². The van der Waals surface area contributed by atoms with Crippen molar-refractivity contribution in [1.29, 1.82) is 0 Å². The van der Waals surface area contributed by atoms with Crippen LogP contribution in [0.5, 0.6) is 5.88 Å². The summed E-state index contributed by atoms with van der Waals surface area (Å²) in [6.45, 7) is -0.922. The molecular weight excluding hydrogens is 310 g/mol. The third kappa shape index (κ3) is 4.21. The molecule has 0 aromatic carbocycles. The number of hydrogen-bond acceptors (Lipinski definition) is 5. The zero-order valence-corrected chi connectivity index (χ0v) is 10.3. The first-order valence-electron chi connectivity index (χ1n) is 5.15. The number of methoxy groups -OCH3 is 1. The lowest BCUT2D eigenvalue weighted by Crippen LogP contribution is -2.23. The molecule has 118 valence electrons. The third-order valence-corrected chi connectivity index (χ3v) is 2.20. The van der Waals surface area contributed by atoms with E-state index in [2.05, 4.69) is 14.5 Å². The fourth-order valence-electron chi connectivity index (χ4n) is 1.40. The van der Waals surface area contributed by atoms with Gasteiger partial charge in [-0.05, 0) is 6.07 Å². The highest BCUT2D eigenvalue weighted by atomic mass is 19.4. The molecule has 0 saturated carbocycles. The van der Waals surface area contributed by atoms with Crippen molar-refractivity contribution >= 4 is 5.97 Å². The standard InChI is InChI=1S/C10H8F6N2O3/c1-20-8(19)6-2-5(9(11,12)13)4(3-17)7(18-6)21-10(14,15)16/h2H,3,17H2,1H3. The Balaban J connectivity index is 3.56. The van der Waals surface area contributed by atoms with Crippen molar-refractivity contribution in [2.75, 3.05) is 7.11 Å². The number of rotatable bonds is 3. The predicted molar refractivity (Wildman–Crippen MR) is 55.2 cm³/mol. The molecule has 5 nitrogen and oxygen atoms in total. The van der Waals surface area contributed by atoms with E-state index < -0.39 is 47.8 Å². The Kier molecular flexibility index (Phi) is 4.66. The smallest absolute Gasteiger partial charge is 0.464 e. The lowest BCUT2D eigenvalue weighted by Gasteiger charge is -2.17. The first kappa shape index (κ1) is 17.0. The minimum atomic E-state index is -5.30. The van der Waals surface area contributed by atoms with Crippen molar-refractivity contribution in [3.05, 3.63) is 22.9 Å². The molecule has 1 rings (SSSR count). The molecule has 1 heterocycles. The largest absolute Gasteiger partial charge is 0.574 e. The number of carbonyl (C=O) groups excluding carboxylic acids is 1. The molecule has 0 aliphatic heterocycles. The number of halogens is 6. The van der Waals surface area contributed by atoms with E-state index in [0.717, 1.165) is 7.11 Å². The Hall–Kier alpha value is -2.04. The molecule has 2 N–H and O–H groups in total. The van der Waals surface area contributed by atoms with Crippen LogP contribution >= 0.6 is 0 Å². The van der Waals surface area contributed by atoms with Gasteiger partial charge in [-0.25, -0.2) is 9.78 Å². The van der Waals surface area contributed by atoms with Gasteiger partial charge in [0.25, 0.3) is 0 Å². The average molecular weight is 318 g/mol. The van der Waals surface area contributed by atoms with Crippen molar-refractivity contribution in [3.8, 4) is 5.88 Å². The van der Waals surface area contributed by atoms with Gasteiger partial charge in [0, 0.05) is 12.1 Å². The number of hydrogen-bond donors (Lipinski definition) is 1. The molecule has 0 unspecified atom stereocenters. The Morgan fingerprint density at radius 2 is 1.86 bits per heavy atom. The van der Waals surface area contributed by atoms with Crippen LogP contribution in [0.1, 0.15) is 21.6 Å². The molecule has 0 radical (unpaired) electrons. The second-order valence-corrected chi connectivity index (χ2v) is 3.58. The van der Waals surface area contributed by atoms with Crippen LogP contribution in [0.25, 0.3) is 0 Å². The quantitative estimate of drug-likeness (QED) is 0.683. The van der Waals surface area contributed by atoms with Gasteiger partial charge in [-0.2, -0.15) is 13.2 Å². The highest BCUT2D eigenvalue weighted by Gasteiger charge is 2.39. The number of esters is 1. The molecule has 0 spiro atoms. The van der Waals surface area contributed by atoms with E-state index in [1.54, 1.807) is 0 Å². The summed E-state index contributed by atoms with van der Waals surface area (Å²) >= 11 is 0. The van der Waals surface area contributed by atoms with E-state index in [9.17, 15) is 31.1 Å². The lowest BCUT2D eigenvalue weighted by atomic mass is 10.1. The van der Waals surface area contributed by atoms with E-state index >= 15 is 0 Å². The maximum absolute atomic E-state index is 12.8. The van der Waals surface area contributed by atoms with Gasteiger partial charge in [0.1, 0.15) is 0 Å². The summed E-state index contributed by atoms with van der Waals surface area (Å²) in [7, 11) is 0.832. The highest BCUT2D eigenvalue weighted by molar-refractivity contribution is 5.87. The molecule has 0 saturated heterocycles. The SMILES string of the molecule is COC(=O)c1cc(C(F)(F)F)c(CN)c(OC(F)(F)F)n1. The summed E-state index contributed by atoms with van der Waals surface area (Å²) in [4.78, 5) is 14.3. The normalized spacial score (nSPS) is 12.2. The third-order valence-electron chi connectivity index (χ3n) is 2.20. The number of ether oxygens (including phenoxy) is 2. The second kappa shape index (κ2) is 5.76. The Morgan fingerprint density at radius 3 is 2.24 bits per heavy atom. The van der Waals surface area contributed by atoms with Crippen LogP contribution in [-0.4, -0.2) is 24.4 Å². The fourth-order valence-corrected chi connectivity index (χ4v) is 1.40. The summed E-state index contributed by atoms with van der Waals surface area (Å²) < 4.78 is 82.6. The monoisotopic (exact) mass is 318 g/mol. The van der Waals surface area contributed by atoms with E-state index in [-0.39, 0.29) is 6.07 Å². The molecular formula is C10H8F6N2O3. The zero-order chi connectivity index (χ0) is 16.4. The molecule has 0 aliphatic carbocycles. The Labute approximate surface area is 113 Å². The fraction of sp³-hybridized carbons (Fsp3) is 0.400. The summed E-state index contributed by atoms with van der Waals surface area (Å²) in [5.74, 6) is -2.80. The predicted octanol–water partition coefficient (Wildman–Crippen LogP) is 2.24. The zero-order valence-electron chi connectivity index (χ0n) is 10.3. The van der Waals surface area contributed by atoms with Gasteiger partial charge in [0.2, 0.25) is 5.88 Å². The summed E-state index contributed by atoms with van der Waals surface area (Å²) in [6.07, 6.45) is -10.3. The molecule has 21 heavy (non-hydrogen) atoms. The molecule has 0 fully saturated rings. The topological polar surface area (TPSA) is 74.4 Å². The Morgan fingerprint density at radius 1 is 1.29 bits per heavy atom. The van der Waals surface area contributed by atoms with Crippen LogP contribution in [0, 0.1) is 0 Å². The van der Waals surface area contributed by atoms with Gasteiger partial charge in [0.05, 0.1) is 12.7 Å². The summed E-state index contributed by atoms with van der Waals surface area (Å²) in [5.41, 5.74) is 1.46. The lowest BCUT2D eigenvalue weighted by molar-refractivity contribution is -0.276. The minimum absolute atomic E-state index is 0.247. The molecule has 0 bridgehead atoms. The molecule has 1 aromatic heterocycles. The first-order valence-corrected chi connectivity index (χ1v) is 5.15. The Bertz CT molecular complexity index is 541. The van der Waals surface area contributed by atoms with Crippen molar-refractivity contribution in [1.82, 2.24) is 4.98 Å². The van der Waals surface area contributed by atoms with E-state index in [1.165, 1.54) is 0 Å². The average Bonchev–Trinajstić information content (AvgIpc) is 2.33. The minimum Gasteiger partial charge on any atom is -0.464 e. The molecule has 0 amide bonds. The van der Waals surface area contributed by atoms with Crippen LogP contribution in [0.4, 0.5) is 26.3 Å². The van der Waals surface area contributed by atoms with E-state index in [0.29, 0.717) is 0 Å². The van der Waals surface area contributed by atoms with Crippen molar-refractivity contribution in [2.24, 2.45) is 5.73 Å². The molecule has 0 aliphatic rings. The van der Waals surface area contributed by atoms with Crippen molar-refractivity contribution < 1.29 is 40.6 Å². The van der Waals surface area contributed by atoms with Gasteiger partial charge in [-0.15, -0.1) is 13.2 Å². The van der Waals surface area contributed by atoms with Gasteiger partial charge >= 0.3 is 18.5 Å². The van der Waals surface area contributed by atoms with Crippen LogP contribution in [0.15, 0.2) is 6.07 Å². The van der Waals surface area contributed by atoms with Crippen LogP contribution in [0.2, 0.25) is 0 Å². The summed E-state index contributed by atoms with van der Waals surface area (Å²) in [5, 5.41) is 0. The van der Waals surface area contributed by atoms with Gasteiger partial charge < -0.3 is 15.2 Å². The highest BCUT2D eigenvalue weighted by Crippen LogP contribution is 2.37. The molecule has 1 aromatic rings. The van der Waals surface area contributed by atoms with Crippen molar-refractivity contribution in [3.63, 3.8) is 0 Å². The number of aromatic nitrogens is 1. The van der Waals surface area contributed by atoms with Crippen LogP contribution in [0.3, 0.4) is 0 Å². The van der Waals surface area contributed by atoms with Gasteiger partial charge in [0.15, 0.2) is 5.69 Å². The molecule has 0 atom stereocenters. The number of alkyl halides is 6. The number of pyridine rings is 1. The number of nitrogens with zero attached hydrogens (tertiary/aromatic N) is 1. The second-order valence-electron chi connectivity index (χ2n) is 3.58. The number of nitrogens with two attached hydrogens (primary N) is 1. The molecule has 11 heteroatoms. The van der Waals surface area contributed by atoms with Crippen LogP contribution < -0.4 is 10.5 Å². The van der Waals surface area contributed by atoms with E-state index in [1.807, 2.05) is 0 Å². The van der Waals surface area contributed by atoms with Gasteiger partial charge in [-0.3, -0.25) is 0 Å². The first-order chi connectivity index (χ1) is 9.49. The maximum Gasteiger partial charge on any atom is 0.574 e. The van der Waals surface area contributed by atoms with Crippen molar-refractivity contribution in [2.45, 2.75) is 19.1 Å². The van der Waals surface area contributed by atoms with Crippen LogP contribution in [-0.2, 0) is 17.5 Å². The summed E-state index contributed by atoms with van der Waals surface area (Å²) in [6, 6.07) is 0.247. The maximum atomic E-state index is 12.8.